The zero-order chi connectivity index (χ0) is 14.5. The summed E-state index contributed by atoms with van der Waals surface area (Å²) in [6.07, 6.45) is 1.62. The zero-order valence-corrected chi connectivity index (χ0v) is 11.9. The van der Waals surface area contributed by atoms with Crippen LogP contribution in [0.15, 0.2) is 28.9 Å². The molecule has 0 saturated carbocycles. The summed E-state index contributed by atoms with van der Waals surface area (Å²) in [6, 6.07) is 5.28. The number of hydrogen-bond acceptors (Lipinski definition) is 4. The second kappa shape index (κ2) is 6.43. The SMILES string of the molecule is COCCNC(=O)c1cc(OC(C)C)c2ccoc2c1. The summed E-state index contributed by atoms with van der Waals surface area (Å²) in [4.78, 5) is 12.1. The summed E-state index contributed by atoms with van der Waals surface area (Å²) < 4.78 is 16.0. The van der Waals surface area contributed by atoms with Crippen molar-refractivity contribution in [3.8, 4) is 5.75 Å². The number of ether oxygens (including phenoxy) is 2. The molecule has 20 heavy (non-hydrogen) atoms. The molecule has 0 aliphatic carbocycles. The Bertz CT molecular complexity index is 589. The van der Waals surface area contributed by atoms with Crippen LogP contribution in [0.4, 0.5) is 0 Å². The van der Waals surface area contributed by atoms with Gasteiger partial charge in [0.15, 0.2) is 0 Å². The van der Waals surface area contributed by atoms with Crippen LogP contribution in [0.3, 0.4) is 0 Å². The van der Waals surface area contributed by atoms with Crippen LogP contribution in [0.1, 0.15) is 24.2 Å². The van der Waals surface area contributed by atoms with Gasteiger partial charge in [-0.15, -0.1) is 0 Å². The molecule has 1 amide bonds. The predicted octanol–water partition coefficient (Wildman–Crippen LogP) is 2.60. The van der Waals surface area contributed by atoms with Gasteiger partial charge in [0, 0.05) is 19.2 Å². The van der Waals surface area contributed by atoms with Gasteiger partial charge in [-0.1, -0.05) is 0 Å². The second-order valence-electron chi connectivity index (χ2n) is 4.72. The number of hydrogen-bond donors (Lipinski definition) is 1. The third-order valence-corrected chi connectivity index (χ3v) is 2.75. The first kappa shape index (κ1) is 14.4. The Hall–Kier alpha value is -2.01. The van der Waals surface area contributed by atoms with Crippen molar-refractivity contribution in [1.29, 1.82) is 0 Å². The molecule has 5 nitrogen and oxygen atoms in total. The van der Waals surface area contributed by atoms with Gasteiger partial charge in [-0.2, -0.15) is 0 Å². The third-order valence-electron chi connectivity index (χ3n) is 2.75. The molecule has 0 bridgehead atoms. The van der Waals surface area contributed by atoms with E-state index >= 15 is 0 Å². The predicted molar refractivity (Wildman–Crippen MR) is 76.2 cm³/mol. The monoisotopic (exact) mass is 277 g/mol. The van der Waals surface area contributed by atoms with Gasteiger partial charge in [0.25, 0.3) is 5.91 Å². The molecular formula is C15H19NO4. The highest BCUT2D eigenvalue weighted by atomic mass is 16.5. The van der Waals surface area contributed by atoms with Gasteiger partial charge in [-0.3, -0.25) is 4.79 Å². The van der Waals surface area contributed by atoms with Gasteiger partial charge >= 0.3 is 0 Å². The minimum absolute atomic E-state index is 0.0277. The van der Waals surface area contributed by atoms with E-state index in [1.165, 1.54) is 0 Å². The molecule has 0 fully saturated rings. The average Bonchev–Trinajstić information content (AvgIpc) is 2.86. The van der Waals surface area contributed by atoms with E-state index in [1.54, 1.807) is 25.5 Å². The van der Waals surface area contributed by atoms with Crippen LogP contribution in [-0.2, 0) is 4.74 Å². The van der Waals surface area contributed by atoms with E-state index in [-0.39, 0.29) is 12.0 Å². The highest BCUT2D eigenvalue weighted by Crippen LogP contribution is 2.29. The lowest BCUT2D eigenvalue weighted by Gasteiger charge is -2.12. The van der Waals surface area contributed by atoms with Crippen LogP contribution in [0.2, 0.25) is 0 Å². The Kier molecular flexibility index (Phi) is 4.63. The number of furan rings is 1. The molecular weight excluding hydrogens is 258 g/mol. The minimum atomic E-state index is -0.172. The number of rotatable bonds is 6. The van der Waals surface area contributed by atoms with Gasteiger partial charge in [0.2, 0.25) is 0 Å². The highest BCUT2D eigenvalue weighted by molar-refractivity contribution is 5.99. The summed E-state index contributed by atoms with van der Waals surface area (Å²) in [5.41, 5.74) is 1.15. The van der Waals surface area contributed by atoms with Crippen molar-refractivity contribution < 1.29 is 18.7 Å². The summed E-state index contributed by atoms with van der Waals surface area (Å²) in [7, 11) is 1.59. The third kappa shape index (κ3) is 3.30. The normalized spacial score (nSPS) is 11.0. The molecule has 1 aromatic heterocycles. The molecule has 0 aliphatic heterocycles. The molecule has 0 saturated heterocycles. The van der Waals surface area contributed by atoms with Crippen molar-refractivity contribution in [2.45, 2.75) is 20.0 Å². The molecule has 0 aliphatic rings. The maximum Gasteiger partial charge on any atom is 0.251 e. The molecule has 1 aromatic carbocycles. The molecule has 1 heterocycles. The van der Waals surface area contributed by atoms with Crippen molar-refractivity contribution >= 4 is 16.9 Å². The first-order valence-corrected chi connectivity index (χ1v) is 6.57. The fraction of sp³-hybridized carbons (Fsp3) is 0.400. The standard InChI is InChI=1S/C15H19NO4/c1-10(2)20-14-9-11(15(17)16-5-7-18-3)8-13-12(14)4-6-19-13/h4,6,8-10H,5,7H2,1-3H3,(H,16,17). The molecule has 0 atom stereocenters. The van der Waals surface area contributed by atoms with Crippen LogP contribution in [0.5, 0.6) is 5.75 Å². The average molecular weight is 277 g/mol. The Morgan fingerprint density at radius 2 is 2.20 bits per heavy atom. The van der Waals surface area contributed by atoms with Gasteiger partial charge in [0.1, 0.15) is 11.3 Å². The fourth-order valence-electron chi connectivity index (χ4n) is 1.89. The zero-order valence-electron chi connectivity index (χ0n) is 11.9. The number of nitrogens with one attached hydrogen (secondary N) is 1. The van der Waals surface area contributed by atoms with E-state index < -0.39 is 0 Å². The lowest BCUT2D eigenvalue weighted by molar-refractivity contribution is 0.0936. The lowest BCUT2D eigenvalue weighted by Crippen LogP contribution is -2.27. The highest BCUT2D eigenvalue weighted by Gasteiger charge is 2.13. The van der Waals surface area contributed by atoms with Crippen molar-refractivity contribution in [3.63, 3.8) is 0 Å². The Labute approximate surface area is 117 Å². The Morgan fingerprint density at radius 3 is 2.90 bits per heavy atom. The van der Waals surface area contributed by atoms with Crippen molar-refractivity contribution in [2.75, 3.05) is 20.3 Å². The van der Waals surface area contributed by atoms with Crippen LogP contribution in [-0.4, -0.2) is 32.3 Å². The second-order valence-corrected chi connectivity index (χ2v) is 4.72. The van der Waals surface area contributed by atoms with Crippen LogP contribution < -0.4 is 10.1 Å². The topological polar surface area (TPSA) is 60.7 Å². The number of carbonyl (C=O) groups is 1. The smallest absolute Gasteiger partial charge is 0.251 e. The largest absolute Gasteiger partial charge is 0.490 e. The maximum atomic E-state index is 12.1. The molecule has 5 heteroatoms. The molecule has 0 radical (unpaired) electrons. The summed E-state index contributed by atoms with van der Waals surface area (Å²) in [5, 5.41) is 3.64. The summed E-state index contributed by atoms with van der Waals surface area (Å²) >= 11 is 0. The lowest BCUT2D eigenvalue weighted by atomic mass is 10.1. The maximum absolute atomic E-state index is 12.1. The molecule has 108 valence electrons. The number of fused-ring (bicyclic) bond motifs is 1. The molecule has 1 N–H and O–H groups in total. The van der Waals surface area contributed by atoms with Crippen molar-refractivity contribution in [2.24, 2.45) is 0 Å². The number of benzene rings is 1. The number of carbonyl (C=O) groups excluding carboxylic acids is 1. The Balaban J connectivity index is 2.27. The molecule has 2 aromatic rings. The van der Waals surface area contributed by atoms with E-state index in [0.29, 0.717) is 30.0 Å². The first-order chi connectivity index (χ1) is 9.61. The number of methoxy groups -OCH3 is 1. The van der Waals surface area contributed by atoms with Gasteiger partial charge < -0.3 is 19.2 Å². The Morgan fingerprint density at radius 1 is 1.40 bits per heavy atom. The van der Waals surface area contributed by atoms with Gasteiger partial charge in [-0.05, 0) is 32.0 Å². The molecule has 0 unspecified atom stereocenters. The molecule has 0 spiro atoms. The van der Waals surface area contributed by atoms with E-state index in [0.717, 1.165) is 5.39 Å². The quantitative estimate of drug-likeness (QED) is 0.824. The summed E-state index contributed by atoms with van der Waals surface area (Å²) in [5.74, 6) is 0.483. The van der Waals surface area contributed by atoms with E-state index in [2.05, 4.69) is 5.32 Å². The molecule has 2 rings (SSSR count). The number of amides is 1. The van der Waals surface area contributed by atoms with E-state index in [1.807, 2.05) is 19.9 Å². The fourth-order valence-corrected chi connectivity index (χ4v) is 1.89. The van der Waals surface area contributed by atoms with E-state index in [4.69, 9.17) is 13.9 Å². The van der Waals surface area contributed by atoms with Crippen molar-refractivity contribution in [1.82, 2.24) is 5.32 Å². The van der Waals surface area contributed by atoms with Gasteiger partial charge in [0.05, 0.1) is 24.4 Å². The first-order valence-electron chi connectivity index (χ1n) is 6.57. The summed E-state index contributed by atoms with van der Waals surface area (Å²) in [6.45, 7) is 4.82. The van der Waals surface area contributed by atoms with Crippen LogP contribution in [0, 0.1) is 0 Å². The van der Waals surface area contributed by atoms with E-state index in [9.17, 15) is 4.79 Å². The van der Waals surface area contributed by atoms with Gasteiger partial charge in [-0.25, -0.2) is 0 Å². The van der Waals surface area contributed by atoms with Crippen molar-refractivity contribution in [3.05, 3.63) is 30.0 Å². The van der Waals surface area contributed by atoms with Crippen LogP contribution in [0.25, 0.3) is 11.0 Å². The minimum Gasteiger partial charge on any atom is -0.490 e. The van der Waals surface area contributed by atoms with Crippen LogP contribution >= 0.6 is 0 Å².